The summed E-state index contributed by atoms with van der Waals surface area (Å²) in [6.07, 6.45) is 3.03. The fraction of sp³-hybridized carbons (Fsp3) is 0.600. The third-order valence-corrected chi connectivity index (χ3v) is 2.30. The summed E-state index contributed by atoms with van der Waals surface area (Å²) in [5, 5.41) is 11.2. The monoisotopic (exact) mass is 226 g/mol. The Hall–Kier alpha value is -1.10. The van der Waals surface area contributed by atoms with Gasteiger partial charge < -0.3 is 10.6 Å². The van der Waals surface area contributed by atoms with E-state index in [1.807, 2.05) is 17.8 Å². The average Bonchev–Trinajstić information content (AvgIpc) is 2.57. The standard InChI is InChI=1S/C10H18N4S/c1-4-6-11-10(15)12-9-7-14(5-2)13-8(9)3/h7H,4-6H2,1-3H3,(H2,11,12,15). The molecule has 0 aliphatic rings. The first kappa shape index (κ1) is 12.0. The first-order valence-electron chi connectivity index (χ1n) is 5.26. The highest BCUT2D eigenvalue weighted by atomic mass is 32.1. The minimum absolute atomic E-state index is 0.663. The Labute approximate surface area is 96.1 Å². The number of anilines is 1. The molecule has 84 valence electrons. The molecule has 0 fully saturated rings. The molecule has 5 heteroatoms. The van der Waals surface area contributed by atoms with E-state index in [-0.39, 0.29) is 0 Å². The first-order chi connectivity index (χ1) is 7.17. The molecule has 0 unspecified atom stereocenters. The Kier molecular flexibility index (Phi) is 4.55. The highest BCUT2D eigenvalue weighted by Gasteiger charge is 2.04. The molecule has 0 aromatic carbocycles. The molecule has 1 heterocycles. The van der Waals surface area contributed by atoms with Crippen LogP contribution in [0, 0.1) is 6.92 Å². The van der Waals surface area contributed by atoms with Crippen molar-refractivity contribution in [2.24, 2.45) is 0 Å². The highest BCUT2D eigenvalue weighted by molar-refractivity contribution is 7.80. The van der Waals surface area contributed by atoms with Crippen LogP contribution in [-0.4, -0.2) is 21.4 Å². The number of aryl methyl sites for hydroxylation is 2. The molecule has 15 heavy (non-hydrogen) atoms. The topological polar surface area (TPSA) is 41.9 Å². The second-order valence-corrected chi connectivity index (χ2v) is 3.77. The van der Waals surface area contributed by atoms with Crippen molar-refractivity contribution < 1.29 is 0 Å². The van der Waals surface area contributed by atoms with Crippen LogP contribution >= 0.6 is 12.2 Å². The lowest BCUT2D eigenvalue weighted by Gasteiger charge is -2.07. The number of hydrogen-bond acceptors (Lipinski definition) is 2. The van der Waals surface area contributed by atoms with E-state index in [0.29, 0.717) is 5.11 Å². The molecule has 0 atom stereocenters. The number of rotatable bonds is 4. The molecule has 0 saturated carbocycles. The van der Waals surface area contributed by atoms with Crippen molar-refractivity contribution in [1.82, 2.24) is 15.1 Å². The van der Waals surface area contributed by atoms with Gasteiger partial charge in [-0.15, -0.1) is 0 Å². The van der Waals surface area contributed by atoms with Crippen LogP contribution in [0.4, 0.5) is 5.69 Å². The zero-order chi connectivity index (χ0) is 11.3. The summed E-state index contributed by atoms with van der Waals surface area (Å²) in [5.74, 6) is 0. The van der Waals surface area contributed by atoms with Crippen LogP contribution in [0.25, 0.3) is 0 Å². The SMILES string of the molecule is CCCNC(=S)Nc1cn(CC)nc1C. The molecule has 0 saturated heterocycles. The summed E-state index contributed by atoms with van der Waals surface area (Å²) >= 11 is 5.15. The molecule has 0 spiro atoms. The fourth-order valence-corrected chi connectivity index (χ4v) is 1.42. The third-order valence-electron chi connectivity index (χ3n) is 2.05. The van der Waals surface area contributed by atoms with Crippen molar-refractivity contribution in [3.63, 3.8) is 0 Å². The van der Waals surface area contributed by atoms with E-state index in [1.54, 1.807) is 0 Å². The normalized spacial score (nSPS) is 10.1. The maximum atomic E-state index is 5.15. The van der Waals surface area contributed by atoms with E-state index >= 15 is 0 Å². The lowest BCUT2D eigenvalue weighted by molar-refractivity contribution is 0.653. The maximum Gasteiger partial charge on any atom is 0.170 e. The Bertz CT molecular complexity index is 332. The Morgan fingerprint density at radius 3 is 2.80 bits per heavy atom. The third kappa shape index (κ3) is 3.51. The zero-order valence-corrected chi connectivity index (χ0v) is 10.3. The summed E-state index contributed by atoms with van der Waals surface area (Å²) < 4.78 is 1.89. The van der Waals surface area contributed by atoms with Crippen LogP contribution in [0.5, 0.6) is 0 Å². The lowest BCUT2D eigenvalue weighted by atomic mass is 10.4. The molecule has 1 aromatic rings. The van der Waals surface area contributed by atoms with Crippen LogP contribution in [0.2, 0.25) is 0 Å². The number of nitrogens with one attached hydrogen (secondary N) is 2. The molecule has 2 N–H and O–H groups in total. The summed E-state index contributed by atoms with van der Waals surface area (Å²) in [4.78, 5) is 0. The van der Waals surface area contributed by atoms with Crippen molar-refractivity contribution >= 4 is 23.0 Å². The smallest absolute Gasteiger partial charge is 0.170 e. The minimum atomic E-state index is 0.663. The van der Waals surface area contributed by atoms with Gasteiger partial charge in [0, 0.05) is 19.3 Å². The van der Waals surface area contributed by atoms with E-state index in [0.717, 1.165) is 30.9 Å². The fourth-order valence-electron chi connectivity index (χ4n) is 1.21. The van der Waals surface area contributed by atoms with Gasteiger partial charge >= 0.3 is 0 Å². The molecule has 0 amide bonds. The van der Waals surface area contributed by atoms with E-state index in [1.165, 1.54) is 0 Å². The number of aromatic nitrogens is 2. The van der Waals surface area contributed by atoms with Crippen molar-refractivity contribution in [3.8, 4) is 0 Å². The second-order valence-electron chi connectivity index (χ2n) is 3.36. The Morgan fingerprint density at radius 1 is 1.53 bits per heavy atom. The molecule has 0 bridgehead atoms. The summed E-state index contributed by atoms with van der Waals surface area (Å²) in [5.41, 5.74) is 1.95. The molecule has 0 radical (unpaired) electrons. The predicted octanol–water partition coefficient (Wildman–Crippen LogP) is 1.91. The largest absolute Gasteiger partial charge is 0.362 e. The van der Waals surface area contributed by atoms with Gasteiger partial charge in [-0.25, -0.2) is 0 Å². The van der Waals surface area contributed by atoms with Crippen molar-refractivity contribution in [1.29, 1.82) is 0 Å². The van der Waals surface area contributed by atoms with E-state index < -0.39 is 0 Å². The molecular weight excluding hydrogens is 208 g/mol. The van der Waals surface area contributed by atoms with E-state index in [9.17, 15) is 0 Å². The van der Waals surface area contributed by atoms with Gasteiger partial charge in [-0.3, -0.25) is 4.68 Å². The predicted molar refractivity (Wildman–Crippen MR) is 67.2 cm³/mol. The quantitative estimate of drug-likeness (QED) is 0.770. The van der Waals surface area contributed by atoms with Gasteiger partial charge in [-0.1, -0.05) is 6.92 Å². The summed E-state index contributed by atoms with van der Waals surface area (Å²) in [7, 11) is 0. The van der Waals surface area contributed by atoms with Crippen molar-refractivity contribution in [2.75, 3.05) is 11.9 Å². The average molecular weight is 226 g/mol. The van der Waals surface area contributed by atoms with E-state index in [2.05, 4.69) is 29.6 Å². The first-order valence-corrected chi connectivity index (χ1v) is 5.67. The number of nitrogens with zero attached hydrogens (tertiary/aromatic N) is 2. The van der Waals surface area contributed by atoms with Crippen LogP contribution in [-0.2, 0) is 6.54 Å². The van der Waals surface area contributed by atoms with Crippen molar-refractivity contribution in [3.05, 3.63) is 11.9 Å². The van der Waals surface area contributed by atoms with Gasteiger partial charge in [0.25, 0.3) is 0 Å². The molecule has 0 aliphatic carbocycles. The van der Waals surface area contributed by atoms with Crippen LogP contribution < -0.4 is 10.6 Å². The van der Waals surface area contributed by atoms with Gasteiger partial charge in [0.1, 0.15) is 0 Å². The van der Waals surface area contributed by atoms with Gasteiger partial charge in [-0.05, 0) is 32.5 Å². The molecule has 0 aliphatic heterocycles. The number of hydrogen-bond donors (Lipinski definition) is 2. The van der Waals surface area contributed by atoms with Gasteiger partial charge in [0.15, 0.2) is 5.11 Å². The molecule has 1 rings (SSSR count). The van der Waals surface area contributed by atoms with Gasteiger partial charge in [-0.2, -0.15) is 5.10 Å². The highest BCUT2D eigenvalue weighted by Crippen LogP contribution is 2.11. The maximum absolute atomic E-state index is 5.15. The zero-order valence-electron chi connectivity index (χ0n) is 9.50. The van der Waals surface area contributed by atoms with Gasteiger partial charge in [0.05, 0.1) is 11.4 Å². The summed E-state index contributed by atoms with van der Waals surface area (Å²) in [6.45, 7) is 7.90. The Balaban J connectivity index is 2.55. The lowest BCUT2D eigenvalue weighted by Crippen LogP contribution is -2.28. The van der Waals surface area contributed by atoms with E-state index in [4.69, 9.17) is 12.2 Å². The number of thiocarbonyl (C=S) groups is 1. The minimum Gasteiger partial charge on any atom is -0.362 e. The second kappa shape index (κ2) is 5.70. The Morgan fingerprint density at radius 2 is 2.27 bits per heavy atom. The van der Waals surface area contributed by atoms with Crippen LogP contribution in [0.15, 0.2) is 6.20 Å². The van der Waals surface area contributed by atoms with Crippen molar-refractivity contribution in [2.45, 2.75) is 33.7 Å². The molecule has 1 aromatic heterocycles. The summed E-state index contributed by atoms with van der Waals surface area (Å²) in [6, 6.07) is 0. The van der Waals surface area contributed by atoms with Crippen LogP contribution in [0.3, 0.4) is 0 Å². The molecular formula is C10H18N4S. The van der Waals surface area contributed by atoms with Crippen LogP contribution in [0.1, 0.15) is 26.0 Å². The van der Waals surface area contributed by atoms with Gasteiger partial charge in [0.2, 0.25) is 0 Å². The molecule has 4 nitrogen and oxygen atoms in total.